The van der Waals surface area contributed by atoms with E-state index in [2.05, 4.69) is 27.1 Å². The van der Waals surface area contributed by atoms with Crippen LogP contribution in [0.25, 0.3) is 0 Å². The first-order valence-corrected chi connectivity index (χ1v) is 11.8. The van der Waals surface area contributed by atoms with Crippen LogP contribution in [0.4, 0.5) is 10.2 Å². The fourth-order valence-corrected chi connectivity index (χ4v) is 3.99. The van der Waals surface area contributed by atoms with Gasteiger partial charge in [-0.25, -0.2) is 9.37 Å². The lowest BCUT2D eigenvalue weighted by Crippen LogP contribution is -2.54. The number of halogens is 1. The van der Waals surface area contributed by atoms with Crippen molar-refractivity contribution < 1.29 is 14.0 Å². The molecule has 2 N–H and O–H groups in total. The number of pyridine rings is 1. The summed E-state index contributed by atoms with van der Waals surface area (Å²) in [4.78, 5) is 33.4. The van der Waals surface area contributed by atoms with Crippen LogP contribution < -0.4 is 15.5 Å². The number of hydrogen-bond donors (Lipinski definition) is 2. The van der Waals surface area contributed by atoms with E-state index in [4.69, 9.17) is 0 Å². The molecular weight excluding hydrogens is 433 g/mol. The minimum absolute atomic E-state index is 0.0779. The standard InChI is InChI=1S/C26H34FN5O2/c1-3-25(33)28-14-5-4-8-23(29-19-21-10-12-22(27)13-11-21)26(34)32-17-15-31(16-18-32)24-9-6-7-20(2)30-24/h3,6-7,9-13,23,29H,1,4-5,8,14-19H2,2H3,(H,28,33)/t23-/m0/s1. The van der Waals surface area contributed by atoms with Gasteiger partial charge >= 0.3 is 0 Å². The highest BCUT2D eigenvalue weighted by Crippen LogP contribution is 2.16. The molecule has 2 aromatic rings. The Labute approximate surface area is 201 Å². The van der Waals surface area contributed by atoms with E-state index in [0.717, 1.165) is 43.0 Å². The Morgan fingerprint density at radius 3 is 2.53 bits per heavy atom. The van der Waals surface area contributed by atoms with Crippen LogP contribution in [0.2, 0.25) is 0 Å². The number of carbonyl (C=O) groups is 2. The maximum absolute atomic E-state index is 13.4. The zero-order valence-electron chi connectivity index (χ0n) is 19.8. The second-order valence-corrected chi connectivity index (χ2v) is 8.50. The summed E-state index contributed by atoms with van der Waals surface area (Å²) in [5.74, 6) is 0.552. The highest BCUT2D eigenvalue weighted by molar-refractivity contribution is 5.86. The van der Waals surface area contributed by atoms with Gasteiger partial charge in [0.15, 0.2) is 0 Å². The molecule has 0 bridgehead atoms. The zero-order chi connectivity index (χ0) is 24.3. The quantitative estimate of drug-likeness (QED) is 0.393. The van der Waals surface area contributed by atoms with Crippen LogP contribution >= 0.6 is 0 Å². The van der Waals surface area contributed by atoms with Crippen molar-refractivity contribution in [3.05, 3.63) is 72.2 Å². The van der Waals surface area contributed by atoms with Gasteiger partial charge in [-0.3, -0.25) is 9.59 Å². The third-order valence-electron chi connectivity index (χ3n) is 5.96. The van der Waals surface area contributed by atoms with Crippen molar-refractivity contribution in [2.75, 3.05) is 37.6 Å². The van der Waals surface area contributed by atoms with Crippen LogP contribution in [0.15, 0.2) is 55.1 Å². The van der Waals surface area contributed by atoms with E-state index in [0.29, 0.717) is 32.6 Å². The maximum atomic E-state index is 13.4. The smallest absolute Gasteiger partial charge is 0.243 e. The number of benzene rings is 1. The summed E-state index contributed by atoms with van der Waals surface area (Å²) in [5, 5.41) is 6.14. The molecule has 0 saturated carbocycles. The van der Waals surface area contributed by atoms with Crippen LogP contribution in [-0.4, -0.2) is 60.5 Å². The number of amides is 2. The summed E-state index contributed by atoms with van der Waals surface area (Å²) < 4.78 is 13.2. The molecule has 34 heavy (non-hydrogen) atoms. The number of aromatic nitrogens is 1. The Balaban J connectivity index is 1.55. The predicted octanol–water partition coefficient (Wildman–Crippen LogP) is 2.81. The topological polar surface area (TPSA) is 77.6 Å². The van der Waals surface area contributed by atoms with Crippen molar-refractivity contribution in [1.82, 2.24) is 20.5 Å². The van der Waals surface area contributed by atoms with E-state index in [1.165, 1.54) is 18.2 Å². The van der Waals surface area contributed by atoms with Crippen LogP contribution in [-0.2, 0) is 16.1 Å². The molecule has 1 saturated heterocycles. The van der Waals surface area contributed by atoms with Gasteiger partial charge in [0.25, 0.3) is 0 Å². The summed E-state index contributed by atoms with van der Waals surface area (Å²) in [6.07, 6.45) is 3.47. The number of unbranched alkanes of at least 4 members (excludes halogenated alkanes) is 1. The number of aryl methyl sites for hydroxylation is 1. The number of hydrogen-bond acceptors (Lipinski definition) is 5. The Morgan fingerprint density at radius 2 is 1.85 bits per heavy atom. The van der Waals surface area contributed by atoms with Gasteiger partial charge in [-0.05, 0) is 62.1 Å². The Bertz CT molecular complexity index is 958. The monoisotopic (exact) mass is 467 g/mol. The minimum Gasteiger partial charge on any atom is -0.353 e. The van der Waals surface area contributed by atoms with Crippen molar-refractivity contribution >= 4 is 17.6 Å². The molecular formula is C26H34FN5O2. The molecule has 182 valence electrons. The van der Waals surface area contributed by atoms with Gasteiger partial charge in [0, 0.05) is 45.0 Å². The second-order valence-electron chi connectivity index (χ2n) is 8.50. The number of rotatable bonds is 11. The molecule has 1 aliphatic heterocycles. The third kappa shape index (κ3) is 7.66. The van der Waals surface area contributed by atoms with Gasteiger partial charge < -0.3 is 20.4 Å². The lowest BCUT2D eigenvalue weighted by Gasteiger charge is -2.37. The van der Waals surface area contributed by atoms with E-state index in [1.54, 1.807) is 12.1 Å². The first-order valence-electron chi connectivity index (χ1n) is 11.8. The van der Waals surface area contributed by atoms with E-state index < -0.39 is 0 Å². The summed E-state index contributed by atoms with van der Waals surface area (Å²) in [6, 6.07) is 11.9. The Hall–Kier alpha value is -3.26. The molecule has 1 aromatic carbocycles. The van der Waals surface area contributed by atoms with Gasteiger partial charge in [0.1, 0.15) is 11.6 Å². The molecule has 7 nitrogen and oxygen atoms in total. The predicted molar refractivity (Wildman–Crippen MR) is 132 cm³/mol. The van der Waals surface area contributed by atoms with E-state index in [9.17, 15) is 14.0 Å². The van der Waals surface area contributed by atoms with Gasteiger partial charge in [-0.1, -0.05) is 24.8 Å². The van der Waals surface area contributed by atoms with Crippen LogP contribution in [0.3, 0.4) is 0 Å². The first kappa shape index (κ1) is 25.4. The van der Waals surface area contributed by atoms with Crippen molar-refractivity contribution in [2.24, 2.45) is 0 Å². The van der Waals surface area contributed by atoms with Crippen LogP contribution in [0.1, 0.15) is 30.5 Å². The van der Waals surface area contributed by atoms with Gasteiger partial charge in [0.2, 0.25) is 11.8 Å². The molecule has 1 aromatic heterocycles. The van der Waals surface area contributed by atoms with E-state index in [-0.39, 0.29) is 23.7 Å². The molecule has 0 spiro atoms. The van der Waals surface area contributed by atoms with E-state index >= 15 is 0 Å². The highest BCUT2D eigenvalue weighted by Gasteiger charge is 2.27. The molecule has 1 aliphatic rings. The molecule has 2 amide bonds. The zero-order valence-corrected chi connectivity index (χ0v) is 19.8. The number of carbonyl (C=O) groups excluding carboxylic acids is 2. The molecule has 1 atom stereocenters. The molecule has 1 fully saturated rings. The average Bonchev–Trinajstić information content (AvgIpc) is 2.86. The molecule has 8 heteroatoms. The van der Waals surface area contributed by atoms with Gasteiger partial charge in [-0.2, -0.15) is 0 Å². The summed E-state index contributed by atoms with van der Waals surface area (Å²) in [5.41, 5.74) is 1.90. The van der Waals surface area contributed by atoms with Crippen LogP contribution in [0, 0.1) is 12.7 Å². The van der Waals surface area contributed by atoms with Crippen molar-refractivity contribution in [3.63, 3.8) is 0 Å². The summed E-state index contributed by atoms with van der Waals surface area (Å²) in [7, 11) is 0. The van der Waals surface area contributed by atoms with E-state index in [1.807, 2.05) is 30.0 Å². The number of anilines is 1. The van der Waals surface area contributed by atoms with Gasteiger partial charge in [0.05, 0.1) is 6.04 Å². The number of nitrogens with one attached hydrogen (secondary N) is 2. The first-order chi connectivity index (χ1) is 16.5. The SMILES string of the molecule is C=CC(=O)NCCCC[C@H](NCc1ccc(F)cc1)C(=O)N1CCN(c2cccc(C)n2)CC1. The number of nitrogens with zero attached hydrogens (tertiary/aromatic N) is 3. The van der Waals surface area contributed by atoms with Crippen LogP contribution in [0.5, 0.6) is 0 Å². The third-order valence-corrected chi connectivity index (χ3v) is 5.96. The van der Waals surface area contributed by atoms with Crippen molar-refractivity contribution in [3.8, 4) is 0 Å². The Morgan fingerprint density at radius 1 is 1.12 bits per heavy atom. The summed E-state index contributed by atoms with van der Waals surface area (Å²) >= 11 is 0. The van der Waals surface area contributed by atoms with Crippen molar-refractivity contribution in [2.45, 2.75) is 38.8 Å². The lowest BCUT2D eigenvalue weighted by atomic mass is 10.1. The second kappa shape index (κ2) is 12.8. The molecule has 0 radical (unpaired) electrons. The van der Waals surface area contributed by atoms with Gasteiger partial charge in [-0.15, -0.1) is 0 Å². The highest BCUT2D eigenvalue weighted by atomic mass is 19.1. The maximum Gasteiger partial charge on any atom is 0.243 e. The molecule has 3 rings (SSSR count). The fourth-order valence-electron chi connectivity index (χ4n) is 3.99. The number of piperazine rings is 1. The average molecular weight is 468 g/mol. The Kier molecular flexibility index (Phi) is 9.58. The normalized spacial score (nSPS) is 14.5. The molecule has 0 unspecified atom stereocenters. The molecule has 0 aliphatic carbocycles. The largest absolute Gasteiger partial charge is 0.353 e. The molecule has 2 heterocycles. The lowest BCUT2D eigenvalue weighted by molar-refractivity contribution is -0.134. The van der Waals surface area contributed by atoms with Crippen molar-refractivity contribution in [1.29, 1.82) is 0 Å². The fraction of sp³-hybridized carbons (Fsp3) is 0.423. The minimum atomic E-state index is -0.344. The summed E-state index contributed by atoms with van der Waals surface area (Å²) in [6.45, 7) is 9.20.